The lowest BCUT2D eigenvalue weighted by molar-refractivity contribution is 0.516. The molecule has 1 aliphatic carbocycles. The van der Waals surface area contributed by atoms with Gasteiger partial charge in [-0.05, 0) is 68.7 Å². The van der Waals surface area contributed by atoms with Gasteiger partial charge in [-0.25, -0.2) is 36.5 Å². The van der Waals surface area contributed by atoms with Crippen molar-refractivity contribution in [2.75, 3.05) is 10.0 Å². The quantitative estimate of drug-likeness (QED) is 0.215. The van der Waals surface area contributed by atoms with E-state index in [-0.39, 0.29) is 16.8 Å². The molecule has 0 unspecified atom stereocenters. The number of nitrogens with one attached hydrogen (secondary N) is 2. The molecular formula is C28H22F3N7O2S2. The number of nitrogens with zero attached hydrogens (tertiary/aromatic N) is 5. The SMILES string of the molecule is Cc1ccc(-c2nc(-c3cccc(NS(=O)(=O)c4c(F)ccc(C)c4F)c3F)c(-c3ccnc(NC4CC4)n3)s2)nn1. The van der Waals surface area contributed by atoms with Crippen molar-refractivity contribution in [3.05, 3.63) is 83.4 Å². The maximum Gasteiger partial charge on any atom is 0.267 e. The van der Waals surface area contributed by atoms with Crippen LogP contribution in [0.1, 0.15) is 24.1 Å². The van der Waals surface area contributed by atoms with Gasteiger partial charge in [0.2, 0.25) is 5.95 Å². The van der Waals surface area contributed by atoms with Crippen molar-refractivity contribution in [3.63, 3.8) is 0 Å². The Balaban J connectivity index is 1.46. The molecule has 0 spiro atoms. The highest BCUT2D eigenvalue weighted by Gasteiger charge is 2.28. The molecule has 214 valence electrons. The average Bonchev–Trinajstić information content (AvgIpc) is 3.66. The number of rotatable bonds is 8. The van der Waals surface area contributed by atoms with Crippen LogP contribution in [0.2, 0.25) is 0 Å². The number of benzene rings is 2. The van der Waals surface area contributed by atoms with E-state index in [1.807, 2.05) is 4.72 Å². The molecule has 3 heterocycles. The Kier molecular flexibility index (Phi) is 7.10. The Morgan fingerprint density at radius 1 is 0.905 bits per heavy atom. The van der Waals surface area contributed by atoms with Gasteiger partial charge in [0.05, 0.1) is 27.6 Å². The van der Waals surface area contributed by atoms with Gasteiger partial charge in [0.25, 0.3) is 10.0 Å². The number of hydrogen-bond donors (Lipinski definition) is 2. The van der Waals surface area contributed by atoms with E-state index in [0.717, 1.165) is 31.0 Å². The first-order valence-corrected chi connectivity index (χ1v) is 15.1. The van der Waals surface area contributed by atoms with Crippen LogP contribution >= 0.6 is 11.3 Å². The molecule has 0 amide bonds. The summed E-state index contributed by atoms with van der Waals surface area (Å²) in [6.07, 6.45) is 3.60. The Morgan fingerprint density at radius 3 is 2.45 bits per heavy atom. The summed E-state index contributed by atoms with van der Waals surface area (Å²) in [7, 11) is -4.84. The number of aromatic nitrogens is 5. The number of sulfonamides is 1. The molecule has 1 fully saturated rings. The molecular weight excluding hydrogens is 587 g/mol. The highest BCUT2D eigenvalue weighted by Crippen LogP contribution is 2.42. The number of aryl methyl sites for hydroxylation is 2. The molecule has 6 rings (SSSR count). The van der Waals surface area contributed by atoms with Crippen molar-refractivity contribution in [3.8, 4) is 32.5 Å². The van der Waals surface area contributed by atoms with E-state index in [1.165, 1.54) is 30.4 Å². The molecule has 2 N–H and O–H groups in total. The van der Waals surface area contributed by atoms with Crippen LogP contribution in [0.15, 0.2) is 59.6 Å². The standard InChI is InChI=1S/C28H22F3N7O2S2/c1-14-6-10-18(29)26(22(14)30)42(39,40)38-19-5-3-4-17(23(19)31)24-25(20-12-13-32-28(34-20)33-16-8-9-16)41-27(35-24)21-11-7-15(2)36-37-21/h3-7,10-13,16,38H,8-9H2,1-2H3,(H,32,33,34). The minimum Gasteiger partial charge on any atom is -0.351 e. The summed E-state index contributed by atoms with van der Waals surface area (Å²) in [5, 5.41) is 11.9. The third kappa shape index (κ3) is 5.42. The lowest BCUT2D eigenvalue weighted by atomic mass is 10.1. The summed E-state index contributed by atoms with van der Waals surface area (Å²) in [5.41, 5.74) is 1.13. The summed E-state index contributed by atoms with van der Waals surface area (Å²) < 4.78 is 73.2. The van der Waals surface area contributed by atoms with Gasteiger partial charge in [-0.15, -0.1) is 16.4 Å². The Labute approximate surface area is 243 Å². The van der Waals surface area contributed by atoms with E-state index in [9.17, 15) is 17.2 Å². The van der Waals surface area contributed by atoms with E-state index < -0.39 is 38.1 Å². The molecule has 1 aliphatic rings. The zero-order valence-electron chi connectivity index (χ0n) is 22.2. The van der Waals surface area contributed by atoms with Crippen molar-refractivity contribution in [1.29, 1.82) is 0 Å². The monoisotopic (exact) mass is 609 g/mol. The number of anilines is 2. The van der Waals surface area contributed by atoms with Crippen LogP contribution in [0, 0.1) is 31.3 Å². The summed E-state index contributed by atoms with van der Waals surface area (Å²) in [6.45, 7) is 3.09. The first kappa shape index (κ1) is 27.7. The lowest BCUT2D eigenvalue weighted by Crippen LogP contribution is -2.18. The predicted molar refractivity (Wildman–Crippen MR) is 153 cm³/mol. The van der Waals surface area contributed by atoms with Crippen LogP contribution in [-0.4, -0.2) is 39.6 Å². The van der Waals surface area contributed by atoms with Gasteiger partial charge in [-0.2, -0.15) is 5.10 Å². The molecule has 0 bridgehead atoms. The van der Waals surface area contributed by atoms with E-state index in [2.05, 4.69) is 30.5 Å². The Morgan fingerprint density at radius 2 is 1.71 bits per heavy atom. The van der Waals surface area contributed by atoms with Gasteiger partial charge in [0, 0.05) is 17.8 Å². The molecule has 0 radical (unpaired) electrons. The van der Waals surface area contributed by atoms with E-state index in [0.29, 0.717) is 39.0 Å². The molecule has 14 heteroatoms. The second kappa shape index (κ2) is 10.8. The van der Waals surface area contributed by atoms with Crippen molar-refractivity contribution in [2.24, 2.45) is 0 Å². The van der Waals surface area contributed by atoms with E-state index in [1.54, 1.807) is 31.3 Å². The van der Waals surface area contributed by atoms with Gasteiger partial charge >= 0.3 is 0 Å². The molecule has 0 atom stereocenters. The van der Waals surface area contributed by atoms with Crippen molar-refractivity contribution in [1.82, 2.24) is 25.1 Å². The normalized spacial score (nSPS) is 13.3. The van der Waals surface area contributed by atoms with Gasteiger partial charge in [0.1, 0.15) is 22.3 Å². The first-order chi connectivity index (χ1) is 20.1. The molecule has 0 aliphatic heterocycles. The molecule has 0 saturated heterocycles. The number of halogens is 3. The summed E-state index contributed by atoms with van der Waals surface area (Å²) in [4.78, 5) is 12.8. The van der Waals surface area contributed by atoms with Gasteiger partial charge in [-0.1, -0.05) is 12.1 Å². The first-order valence-electron chi connectivity index (χ1n) is 12.8. The van der Waals surface area contributed by atoms with Crippen LogP contribution in [0.5, 0.6) is 0 Å². The van der Waals surface area contributed by atoms with Crippen LogP contribution in [-0.2, 0) is 10.0 Å². The van der Waals surface area contributed by atoms with Crippen molar-refractivity contribution >= 4 is 33.0 Å². The maximum absolute atomic E-state index is 16.1. The van der Waals surface area contributed by atoms with Crippen LogP contribution in [0.4, 0.5) is 24.8 Å². The molecule has 1 saturated carbocycles. The smallest absolute Gasteiger partial charge is 0.267 e. The largest absolute Gasteiger partial charge is 0.351 e. The molecule has 9 nitrogen and oxygen atoms in total. The third-order valence-corrected chi connectivity index (χ3v) is 8.95. The lowest BCUT2D eigenvalue weighted by Gasteiger charge is -2.13. The fourth-order valence-corrected chi connectivity index (χ4v) is 6.42. The molecule has 3 aromatic heterocycles. The second-order valence-corrected chi connectivity index (χ2v) is 12.3. The zero-order chi connectivity index (χ0) is 29.6. The average molecular weight is 610 g/mol. The fraction of sp³-hybridized carbons (Fsp3) is 0.179. The molecule has 2 aromatic carbocycles. The summed E-state index contributed by atoms with van der Waals surface area (Å²) in [5.74, 6) is -3.14. The van der Waals surface area contributed by atoms with Gasteiger partial charge in [-0.3, -0.25) is 4.72 Å². The highest BCUT2D eigenvalue weighted by molar-refractivity contribution is 7.92. The maximum atomic E-state index is 16.1. The number of hydrogen-bond acceptors (Lipinski definition) is 9. The minimum atomic E-state index is -4.84. The third-order valence-electron chi connectivity index (χ3n) is 6.45. The van der Waals surface area contributed by atoms with Crippen molar-refractivity contribution in [2.45, 2.75) is 37.6 Å². The Hall–Kier alpha value is -4.43. The number of thiazole rings is 1. The molecule has 42 heavy (non-hydrogen) atoms. The summed E-state index contributed by atoms with van der Waals surface area (Å²) >= 11 is 1.20. The van der Waals surface area contributed by atoms with E-state index >= 15 is 4.39 Å². The predicted octanol–water partition coefficient (Wildman–Crippen LogP) is 6.13. The molecule has 5 aromatic rings. The topological polar surface area (TPSA) is 123 Å². The second-order valence-electron chi connectivity index (χ2n) is 9.72. The minimum absolute atomic E-state index is 0.0618. The van der Waals surface area contributed by atoms with E-state index in [4.69, 9.17) is 0 Å². The zero-order valence-corrected chi connectivity index (χ0v) is 23.8. The summed E-state index contributed by atoms with van der Waals surface area (Å²) in [6, 6.07) is 11.4. The van der Waals surface area contributed by atoms with Gasteiger partial charge in [0.15, 0.2) is 10.7 Å². The van der Waals surface area contributed by atoms with Gasteiger partial charge < -0.3 is 5.32 Å². The fourth-order valence-electron chi connectivity index (χ4n) is 4.13. The highest BCUT2D eigenvalue weighted by atomic mass is 32.2. The Bertz CT molecular complexity index is 1930. The van der Waals surface area contributed by atoms with Crippen LogP contribution in [0.25, 0.3) is 32.5 Å². The van der Waals surface area contributed by atoms with Crippen LogP contribution in [0.3, 0.4) is 0 Å². The van der Waals surface area contributed by atoms with Crippen molar-refractivity contribution < 1.29 is 21.6 Å². The van der Waals surface area contributed by atoms with Crippen LogP contribution < -0.4 is 10.0 Å².